The van der Waals surface area contributed by atoms with Crippen LogP contribution in [0.25, 0.3) is 4.96 Å². The summed E-state index contributed by atoms with van der Waals surface area (Å²) in [5, 5.41) is 4.82. The SMILES string of the molecule is CC(NC(=O)Cc1cn2ccsc2n1)c1ccccc1NS(C)(=O)=O. The lowest BCUT2D eigenvalue weighted by atomic mass is 10.1. The van der Waals surface area contributed by atoms with Gasteiger partial charge in [-0.3, -0.25) is 13.9 Å². The number of thiazole rings is 1. The van der Waals surface area contributed by atoms with E-state index in [0.29, 0.717) is 16.9 Å². The number of anilines is 1. The summed E-state index contributed by atoms with van der Waals surface area (Å²) < 4.78 is 27.3. The highest BCUT2D eigenvalue weighted by molar-refractivity contribution is 7.92. The van der Waals surface area contributed by atoms with Gasteiger partial charge in [0, 0.05) is 17.8 Å². The third-order valence-corrected chi connectivity index (χ3v) is 4.95. The van der Waals surface area contributed by atoms with Crippen LogP contribution in [0.2, 0.25) is 0 Å². The van der Waals surface area contributed by atoms with Gasteiger partial charge in [-0.2, -0.15) is 0 Å². The van der Waals surface area contributed by atoms with E-state index in [4.69, 9.17) is 0 Å². The maximum Gasteiger partial charge on any atom is 0.229 e. The van der Waals surface area contributed by atoms with Gasteiger partial charge in [-0.15, -0.1) is 11.3 Å². The average Bonchev–Trinajstić information content (AvgIpc) is 3.06. The predicted octanol–water partition coefficient (Wildman–Crippen LogP) is 2.19. The van der Waals surface area contributed by atoms with Crippen LogP contribution in [0.3, 0.4) is 0 Å². The Morgan fingerprint density at radius 2 is 2.12 bits per heavy atom. The Bertz CT molecular complexity index is 979. The lowest BCUT2D eigenvalue weighted by Crippen LogP contribution is -2.29. The molecule has 1 aromatic carbocycles. The van der Waals surface area contributed by atoms with Crippen LogP contribution in [0.5, 0.6) is 0 Å². The number of aromatic nitrogens is 2. The molecular formula is C16H18N4O3S2. The van der Waals surface area contributed by atoms with Gasteiger partial charge in [0.1, 0.15) is 0 Å². The highest BCUT2D eigenvalue weighted by atomic mass is 32.2. The largest absolute Gasteiger partial charge is 0.349 e. The van der Waals surface area contributed by atoms with Gasteiger partial charge in [0.15, 0.2) is 4.96 Å². The average molecular weight is 378 g/mol. The molecule has 0 fully saturated rings. The van der Waals surface area contributed by atoms with Gasteiger partial charge in [-0.1, -0.05) is 18.2 Å². The maximum absolute atomic E-state index is 12.3. The lowest BCUT2D eigenvalue weighted by molar-refractivity contribution is -0.121. The highest BCUT2D eigenvalue weighted by Crippen LogP contribution is 2.23. The first-order valence-corrected chi connectivity index (χ1v) is 10.4. The Hall–Kier alpha value is -2.39. The molecule has 3 rings (SSSR count). The van der Waals surface area contributed by atoms with Crippen molar-refractivity contribution in [2.45, 2.75) is 19.4 Å². The van der Waals surface area contributed by atoms with Crippen molar-refractivity contribution in [3.63, 3.8) is 0 Å². The number of hydrogen-bond acceptors (Lipinski definition) is 5. The van der Waals surface area contributed by atoms with Crippen molar-refractivity contribution < 1.29 is 13.2 Å². The van der Waals surface area contributed by atoms with Gasteiger partial charge in [0.25, 0.3) is 0 Å². The molecule has 3 aromatic rings. The third-order valence-electron chi connectivity index (χ3n) is 3.58. The van der Waals surface area contributed by atoms with Crippen LogP contribution < -0.4 is 10.0 Å². The van der Waals surface area contributed by atoms with Crippen molar-refractivity contribution in [3.05, 3.63) is 53.3 Å². The Kier molecular flexibility index (Phi) is 4.78. The molecule has 1 amide bonds. The van der Waals surface area contributed by atoms with Crippen LogP contribution in [0, 0.1) is 0 Å². The molecule has 7 nitrogen and oxygen atoms in total. The van der Waals surface area contributed by atoms with Gasteiger partial charge in [0.2, 0.25) is 15.9 Å². The zero-order valence-corrected chi connectivity index (χ0v) is 15.4. The summed E-state index contributed by atoms with van der Waals surface area (Å²) in [6, 6.07) is 6.65. The summed E-state index contributed by atoms with van der Waals surface area (Å²) in [5.41, 5.74) is 1.85. The van der Waals surface area contributed by atoms with Gasteiger partial charge in [-0.25, -0.2) is 13.4 Å². The summed E-state index contributed by atoms with van der Waals surface area (Å²) >= 11 is 1.51. The Labute approximate surface area is 149 Å². The van der Waals surface area contributed by atoms with E-state index in [9.17, 15) is 13.2 Å². The second kappa shape index (κ2) is 6.85. The molecule has 0 bridgehead atoms. The lowest BCUT2D eigenvalue weighted by Gasteiger charge is -2.18. The first-order chi connectivity index (χ1) is 11.8. The molecule has 0 aliphatic carbocycles. The van der Waals surface area contributed by atoms with E-state index >= 15 is 0 Å². The Morgan fingerprint density at radius 3 is 2.84 bits per heavy atom. The number of nitrogens with one attached hydrogen (secondary N) is 2. The molecule has 2 aromatic heterocycles. The van der Waals surface area contributed by atoms with E-state index in [-0.39, 0.29) is 18.4 Å². The Balaban J connectivity index is 1.70. The second-order valence-electron chi connectivity index (χ2n) is 5.75. The summed E-state index contributed by atoms with van der Waals surface area (Å²) in [7, 11) is -3.39. The highest BCUT2D eigenvalue weighted by Gasteiger charge is 2.16. The van der Waals surface area contributed by atoms with E-state index < -0.39 is 10.0 Å². The molecular weight excluding hydrogens is 360 g/mol. The smallest absolute Gasteiger partial charge is 0.229 e. The summed E-state index contributed by atoms with van der Waals surface area (Å²) in [5.74, 6) is -0.174. The van der Waals surface area contributed by atoms with Crippen LogP contribution in [-0.2, 0) is 21.2 Å². The third kappa shape index (κ3) is 4.37. The van der Waals surface area contributed by atoms with Crippen LogP contribution in [0.1, 0.15) is 24.2 Å². The predicted molar refractivity (Wildman–Crippen MR) is 98.2 cm³/mol. The zero-order chi connectivity index (χ0) is 18.0. The molecule has 0 spiro atoms. The number of sulfonamides is 1. The van der Waals surface area contributed by atoms with Crippen LogP contribution >= 0.6 is 11.3 Å². The molecule has 25 heavy (non-hydrogen) atoms. The molecule has 0 aliphatic rings. The maximum atomic E-state index is 12.3. The number of fused-ring (bicyclic) bond motifs is 1. The minimum Gasteiger partial charge on any atom is -0.349 e. The fraction of sp³-hybridized carbons (Fsp3) is 0.250. The number of carbonyl (C=O) groups excluding carboxylic acids is 1. The van der Waals surface area contributed by atoms with E-state index in [1.54, 1.807) is 24.3 Å². The van der Waals surface area contributed by atoms with E-state index in [1.807, 2.05) is 29.1 Å². The molecule has 0 aliphatic heterocycles. The molecule has 0 radical (unpaired) electrons. The summed E-state index contributed by atoms with van der Waals surface area (Å²) in [6.45, 7) is 1.81. The van der Waals surface area contributed by atoms with Crippen molar-refractivity contribution in [3.8, 4) is 0 Å². The van der Waals surface area contributed by atoms with Crippen molar-refractivity contribution >= 4 is 37.9 Å². The topological polar surface area (TPSA) is 92.6 Å². The first-order valence-electron chi connectivity index (χ1n) is 7.59. The van der Waals surface area contributed by atoms with Gasteiger partial charge in [-0.05, 0) is 18.6 Å². The minimum absolute atomic E-state index is 0.167. The number of amides is 1. The van der Waals surface area contributed by atoms with Crippen LogP contribution in [0.4, 0.5) is 5.69 Å². The Morgan fingerprint density at radius 1 is 1.36 bits per heavy atom. The van der Waals surface area contributed by atoms with Gasteiger partial charge >= 0.3 is 0 Å². The zero-order valence-electron chi connectivity index (χ0n) is 13.8. The number of hydrogen-bond donors (Lipinski definition) is 2. The molecule has 132 valence electrons. The fourth-order valence-electron chi connectivity index (χ4n) is 2.56. The summed E-state index contributed by atoms with van der Waals surface area (Å²) in [6.07, 6.45) is 4.98. The molecule has 9 heteroatoms. The molecule has 1 atom stereocenters. The summed E-state index contributed by atoms with van der Waals surface area (Å²) in [4.78, 5) is 17.5. The molecule has 1 unspecified atom stereocenters. The van der Waals surface area contributed by atoms with Gasteiger partial charge in [0.05, 0.1) is 30.1 Å². The number of nitrogens with zero attached hydrogens (tertiary/aromatic N) is 2. The van der Waals surface area contributed by atoms with Crippen molar-refractivity contribution in [2.75, 3.05) is 11.0 Å². The fourth-order valence-corrected chi connectivity index (χ4v) is 3.87. The second-order valence-corrected chi connectivity index (χ2v) is 8.37. The van der Waals surface area contributed by atoms with Crippen molar-refractivity contribution in [2.24, 2.45) is 0 Å². The van der Waals surface area contributed by atoms with Gasteiger partial charge < -0.3 is 5.32 Å². The monoisotopic (exact) mass is 378 g/mol. The molecule has 2 N–H and O–H groups in total. The number of rotatable bonds is 6. The number of para-hydroxylation sites is 1. The first kappa shape index (κ1) is 17.4. The van der Waals surface area contributed by atoms with E-state index in [2.05, 4.69) is 15.0 Å². The molecule has 0 saturated heterocycles. The van der Waals surface area contributed by atoms with E-state index in [0.717, 1.165) is 11.2 Å². The quantitative estimate of drug-likeness (QED) is 0.688. The van der Waals surface area contributed by atoms with Crippen LogP contribution in [0.15, 0.2) is 42.0 Å². The number of carbonyl (C=O) groups is 1. The molecule has 0 saturated carbocycles. The number of imidazole rings is 1. The van der Waals surface area contributed by atoms with Crippen molar-refractivity contribution in [1.82, 2.24) is 14.7 Å². The standard InChI is InChI=1S/C16H18N4O3S2/c1-11(13-5-3-4-6-14(13)19-25(2,22)23)17-15(21)9-12-10-20-7-8-24-16(20)18-12/h3-8,10-11,19H,9H2,1-2H3,(H,17,21). The normalized spacial score (nSPS) is 12.9. The van der Waals surface area contributed by atoms with E-state index in [1.165, 1.54) is 11.3 Å². The minimum atomic E-state index is -3.39. The molecule has 2 heterocycles. The number of benzene rings is 1. The van der Waals surface area contributed by atoms with Crippen LogP contribution in [-0.4, -0.2) is 30.0 Å². The van der Waals surface area contributed by atoms with Crippen molar-refractivity contribution in [1.29, 1.82) is 0 Å².